The molecule has 0 aliphatic heterocycles. The van der Waals surface area contributed by atoms with E-state index in [2.05, 4.69) is 5.10 Å². The van der Waals surface area contributed by atoms with Gasteiger partial charge in [-0.3, -0.25) is 9.80 Å². The highest BCUT2D eigenvalue weighted by Crippen LogP contribution is 2.04. The smallest absolute Gasteiger partial charge is 0.205 e. The first-order chi connectivity index (χ1) is 8.25. The van der Waals surface area contributed by atoms with Gasteiger partial charge in [-0.25, -0.2) is 0 Å². The van der Waals surface area contributed by atoms with E-state index in [0.29, 0.717) is 12.3 Å². The number of carbonyl (C=O) groups is 1. The Morgan fingerprint density at radius 1 is 1.12 bits per heavy atom. The van der Waals surface area contributed by atoms with E-state index in [1.165, 1.54) is 11.6 Å². The average Bonchev–Trinajstić information content (AvgIpc) is 2.33. The summed E-state index contributed by atoms with van der Waals surface area (Å²) in [6.45, 7) is 0.690. The van der Waals surface area contributed by atoms with Gasteiger partial charge < -0.3 is 0 Å². The van der Waals surface area contributed by atoms with E-state index in [1.54, 1.807) is 17.2 Å². The second-order valence-corrected chi connectivity index (χ2v) is 3.87. The molecule has 0 fully saturated rings. The standard InChI is InChI=1S/C14H14N2O/c1-16(11-12-7-3-2-4-8-12)15-13-9-5-6-10-14(13)17/h2-10H,11H2,1H3. The number of hydrogen-bond acceptors (Lipinski definition) is 3. The highest BCUT2D eigenvalue weighted by molar-refractivity contribution is 6.48. The van der Waals surface area contributed by atoms with Crippen LogP contribution in [0.3, 0.4) is 0 Å². The van der Waals surface area contributed by atoms with Gasteiger partial charge in [-0.15, -0.1) is 0 Å². The van der Waals surface area contributed by atoms with Crippen molar-refractivity contribution in [3.8, 4) is 0 Å². The number of rotatable bonds is 3. The molecule has 3 heteroatoms. The Balaban J connectivity index is 2.04. The summed E-state index contributed by atoms with van der Waals surface area (Å²) in [4.78, 5) is 11.5. The molecule has 1 aromatic rings. The van der Waals surface area contributed by atoms with E-state index in [0.717, 1.165) is 0 Å². The molecule has 2 rings (SSSR count). The zero-order chi connectivity index (χ0) is 12.1. The van der Waals surface area contributed by atoms with Crippen LogP contribution in [0.15, 0.2) is 59.7 Å². The number of allylic oxidation sites excluding steroid dienone is 4. The van der Waals surface area contributed by atoms with Crippen LogP contribution in [0, 0.1) is 0 Å². The Labute approximate surface area is 101 Å². The van der Waals surface area contributed by atoms with Crippen LogP contribution in [-0.4, -0.2) is 23.6 Å². The van der Waals surface area contributed by atoms with Gasteiger partial charge in [-0.1, -0.05) is 42.5 Å². The highest BCUT2D eigenvalue weighted by atomic mass is 16.1. The summed E-state index contributed by atoms with van der Waals surface area (Å²) in [5, 5.41) is 6.04. The number of hydrazone groups is 1. The van der Waals surface area contributed by atoms with Gasteiger partial charge in [0.25, 0.3) is 0 Å². The molecule has 0 saturated carbocycles. The lowest BCUT2D eigenvalue weighted by atomic mass is 10.1. The van der Waals surface area contributed by atoms with Gasteiger partial charge in [-0.05, 0) is 17.7 Å². The number of nitrogens with zero attached hydrogens (tertiary/aromatic N) is 2. The molecule has 1 aliphatic carbocycles. The lowest BCUT2D eigenvalue weighted by Gasteiger charge is -2.14. The van der Waals surface area contributed by atoms with Crippen molar-refractivity contribution in [2.75, 3.05) is 7.05 Å². The molecule has 0 atom stereocenters. The Hall–Kier alpha value is -2.16. The van der Waals surface area contributed by atoms with Crippen molar-refractivity contribution in [3.63, 3.8) is 0 Å². The predicted octanol–water partition coefficient (Wildman–Crippen LogP) is 2.17. The molecule has 0 saturated heterocycles. The van der Waals surface area contributed by atoms with Crippen LogP contribution in [0.2, 0.25) is 0 Å². The SMILES string of the molecule is CN(Cc1ccccc1)N=C1C=CC=CC1=O. The maximum atomic E-state index is 11.5. The Morgan fingerprint density at radius 3 is 2.53 bits per heavy atom. The van der Waals surface area contributed by atoms with E-state index in [-0.39, 0.29) is 5.78 Å². The Bertz CT molecular complexity index is 486. The topological polar surface area (TPSA) is 32.7 Å². The molecular weight excluding hydrogens is 212 g/mol. The lowest BCUT2D eigenvalue weighted by molar-refractivity contribution is -0.108. The molecule has 17 heavy (non-hydrogen) atoms. The van der Waals surface area contributed by atoms with E-state index in [9.17, 15) is 4.79 Å². The zero-order valence-corrected chi connectivity index (χ0v) is 9.71. The van der Waals surface area contributed by atoms with Crippen molar-refractivity contribution in [1.29, 1.82) is 0 Å². The normalized spacial score (nSPS) is 16.5. The largest absolute Gasteiger partial charge is 0.295 e. The van der Waals surface area contributed by atoms with Crippen LogP contribution >= 0.6 is 0 Å². The van der Waals surface area contributed by atoms with Crippen molar-refractivity contribution in [2.45, 2.75) is 6.54 Å². The maximum absolute atomic E-state index is 11.5. The number of benzene rings is 1. The molecular formula is C14H14N2O. The van der Waals surface area contributed by atoms with Crippen molar-refractivity contribution in [3.05, 3.63) is 60.2 Å². The summed E-state index contributed by atoms with van der Waals surface area (Å²) in [7, 11) is 1.86. The van der Waals surface area contributed by atoms with Crippen LogP contribution in [0.25, 0.3) is 0 Å². The molecule has 1 aliphatic rings. The molecule has 0 bridgehead atoms. The highest BCUT2D eigenvalue weighted by Gasteiger charge is 2.08. The first-order valence-corrected chi connectivity index (χ1v) is 5.48. The lowest BCUT2D eigenvalue weighted by Crippen LogP contribution is -2.18. The molecule has 0 unspecified atom stereocenters. The molecule has 1 aromatic carbocycles. The molecule has 0 amide bonds. The Kier molecular flexibility index (Phi) is 3.50. The molecule has 3 nitrogen and oxygen atoms in total. The number of carbonyl (C=O) groups excluding carboxylic acids is 1. The van der Waals surface area contributed by atoms with E-state index >= 15 is 0 Å². The van der Waals surface area contributed by atoms with Crippen LogP contribution in [0.1, 0.15) is 5.56 Å². The third kappa shape index (κ3) is 3.14. The summed E-state index contributed by atoms with van der Waals surface area (Å²) >= 11 is 0. The quantitative estimate of drug-likeness (QED) is 0.584. The van der Waals surface area contributed by atoms with Crippen molar-refractivity contribution in [2.24, 2.45) is 5.10 Å². The minimum atomic E-state index is -0.0487. The molecule has 0 radical (unpaired) electrons. The van der Waals surface area contributed by atoms with E-state index < -0.39 is 0 Å². The molecule has 0 N–H and O–H groups in total. The van der Waals surface area contributed by atoms with Gasteiger partial charge in [0.05, 0.1) is 6.54 Å². The fraction of sp³-hybridized carbons (Fsp3) is 0.143. The van der Waals surface area contributed by atoms with Crippen LogP contribution in [0.5, 0.6) is 0 Å². The summed E-state index contributed by atoms with van der Waals surface area (Å²) < 4.78 is 0. The van der Waals surface area contributed by atoms with Crippen LogP contribution in [-0.2, 0) is 11.3 Å². The third-order valence-corrected chi connectivity index (χ3v) is 2.40. The molecule has 0 heterocycles. The predicted molar refractivity (Wildman–Crippen MR) is 68.6 cm³/mol. The second kappa shape index (κ2) is 5.25. The maximum Gasteiger partial charge on any atom is 0.205 e. The number of ketones is 1. The summed E-state index contributed by atoms with van der Waals surface area (Å²) in [5.41, 5.74) is 1.65. The summed E-state index contributed by atoms with van der Waals surface area (Å²) in [5.74, 6) is -0.0487. The third-order valence-electron chi connectivity index (χ3n) is 2.40. The fourth-order valence-corrected chi connectivity index (χ4v) is 1.61. The second-order valence-electron chi connectivity index (χ2n) is 3.87. The monoisotopic (exact) mass is 226 g/mol. The molecule has 0 aromatic heterocycles. The van der Waals surface area contributed by atoms with Gasteiger partial charge in [-0.2, -0.15) is 5.10 Å². The molecule has 0 spiro atoms. The van der Waals surface area contributed by atoms with Crippen molar-refractivity contribution >= 4 is 11.5 Å². The van der Waals surface area contributed by atoms with Crippen molar-refractivity contribution in [1.82, 2.24) is 5.01 Å². The average molecular weight is 226 g/mol. The summed E-state index contributed by atoms with van der Waals surface area (Å²) in [6.07, 6.45) is 6.79. The minimum absolute atomic E-state index is 0.0487. The van der Waals surface area contributed by atoms with E-state index in [4.69, 9.17) is 0 Å². The number of hydrogen-bond donors (Lipinski definition) is 0. The van der Waals surface area contributed by atoms with Crippen LogP contribution in [0.4, 0.5) is 0 Å². The first-order valence-electron chi connectivity index (χ1n) is 5.48. The summed E-state index contributed by atoms with van der Waals surface area (Å²) in [6, 6.07) is 10.0. The fourth-order valence-electron chi connectivity index (χ4n) is 1.61. The van der Waals surface area contributed by atoms with Gasteiger partial charge in [0, 0.05) is 7.05 Å². The van der Waals surface area contributed by atoms with Crippen molar-refractivity contribution < 1.29 is 4.79 Å². The Morgan fingerprint density at radius 2 is 1.82 bits per heavy atom. The van der Waals surface area contributed by atoms with Gasteiger partial charge >= 0.3 is 0 Å². The van der Waals surface area contributed by atoms with Gasteiger partial charge in [0.2, 0.25) is 5.78 Å². The van der Waals surface area contributed by atoms with Crippen LogP contribution < -0.4 is 0 Å². The van der Waals surface area contributed by atoms with Gasteiger partial charge in [0.15, 0.2) is 0 Å². The zero-order valence-electron chi connectivity index (χ0n) is 9.71. The van der Waals surface area contributed by atoms with Gasteiger partial charge in [0.1, 0.15) is 5.71 Å². The molecule has 86 valence electrons. The first kappa shape index (κ1) is 11.3. The van der Waals surface area contributed by atoms with E-state index in [1.807, 2.05) is 43.5 Å². The minimum Gasteiger partial charge on any atom is -0.295 e.